The third-order valence-electron chi connectivity index (χ3n) is 1.68. The van der Waals surface area contributed by atoms with Crippen molar-refractivity contribution < 1.29 is 13.9 Å². The Bertz CT molecular complexity index is 117. The number of hydrogen-bond donors (Lipinski definition) is 0. The summed E-state index contributed by atoms with van der Waals surface area (Å²) in [4.78, 5) is 0. The van der Waals surface area contributed by atoms with Gasteiger partial charge in [0.05, 0.1) is 13.2 Å². The molecule has 0 aromatic carbocycles. The second kappa shape index (κ2) is 7.50. The van der Waals surface area contributed by atoms with Crippen molar-refractivity contribution in [2.24, 2.45) is 0 Å². The molecule has 0 aliphatic carbocycles. The number of hydrogen-bond acceptors (Lipinski definition) is 3. The minimum absolute atomic E-state index is 0.402. The van der Waals surface area contributed by atoms with Crippen molar-refractivity contribution in [2.45, 2.75) is 31.9 Å². The largest absolute Gasteiger partial charge is 0.417 e. The fourth-order valence-electron chi connectivity index (χ4n) is 0.872. The second-order valence-corrected chi connectivity index (χ2v) is 4.20. The zero-order chi connectivity index (χ0) is 9.36. The molecule has 0 saturated carbocycles. The van der Waals surface area contributed by atoms with E-state index >= 15 is 0 Å². The molecule has 0 amide bonds. The molecular weight excluding hydrogens is 184 g/mol. The molecule has 13 heavy (non-hydrogen) atoms. The molecular formula is C9H18O3Si. The molecule has 2 radical (unpaired) electrons. The van der Waals surface area contributed by atoms with Crippen LogP contribution in [0.1, 0.15) is 19.8 Å². The lowest BCUT2D eigenvalue weighted by Gasteiger charge is -2.01. The summed E-state index contributed by atoms with van der Waals surface area (Å²) in [5, 5.41) is 0. The van der Waals surface area contributed by atoms with Crippen LogP contribution in [-0.4, -0.2) is 42.3 Å². The molecule has 1 aliphatic heterocycles. The lowest BCUT2D eigenvalue weighted by atomic mass is 10.5. The fraction of sp³-hybridized carbons (Fsp3) is 1.00. The first kappa shape index (κ1) is 11.2. The first-order valence-electron chi connectivity index (χ1n) is 4.97. The number of ether oxygens (including phenoxy) is 2. The van der Waals surface area contributed by atoms with E-state index in [-0.39, 0.29) is 0 Å². The average molecular weight is 202 g/mol. The smallest absolute Gasteiger partial charge is 0.229 e. The van der Waals surface area contributed by atoms with Gasteiger partial charge in [-0.25, -0.2) is 0 Å². The highest BCUT2D eigenvalue weighted by atomic mass is 28.2. The van der Waals surface area contributed by atoms with E-state index in [9.17, 15) is 0 Å². The minimum Gasteiger partial charge on any atom is -0.417 e. The van der Waals surface area contributed by atoms with Crippen molar-refractivity contribution in [3.05, 3.63) is 0 Å². The van der Waals surface area contributed by atoms with Gasteiger partial charge in [-0.05, 0) is 18.9 Å². The molecule has 76 valence electrons. The molecule has 3 nitrogen and oxygen atoms in total. The zero-order valence-electron chi connectivity index (χ0n) is 8.25. The lowest BCUT2D eigenvalue weighted by Crippen LogP contribution is -2.05. The van der Waals surface area contributed by atoms with Crippen LogP contribution in [0.25, 0.3) is 0 Å². The highest BCUT2D eigenvalue weighted by molar-refractivity contribution is 6.26. The Balaban J connectivity index is 1.63. The van der Waals surface area contributed by atoms with Gasteiger partial charge in [0.2, 0.25) is 9.76 Å². The maximum atomic E-state index is 5.39. The van der Waals surface area contributed by atoms with Gasteiger partial charge in [0.25, 0.3) is 0 Å². The monoisotopic (exact) mass is 202 g/mol. The highest BCUT2D eigenvalue weighted by Crippen LogP contribution is 2.08. The summed E-state index contributed by atoms with van der Waals surface area (Å²) in [6, 6.07) is 1.13. The first-order chi connectivity index (χ1) is 6.43. The first-order valence-corrected chi connectivity index (χ1v) is 6.09. The summed E-state index contributed by atoms with van der Waals surface area (Å²) >= 11 is 0. The number of epoxide rings is 1. The van der Waals surface area contributed by atoms with Crippen LogP contribution in [0, 0.1) is 0 Å². The summed E-state index contributed by atoms with van der Waals surface area (Å²) in [7, 11) is 0.649. The molecule has 0 aromatic heterocycles. The standard InChI is InChI=1S/C9H18O3Si/c1-2-4-12-13-6-3-5-10-7-9-8-11-9/h9H,2-8H2,1H3. The normalized spacial score (nSPS) is 20.5. The van der Waals surface area contributed by atoms with Gasteiger partial charge in [-0.1, -0.05) is 6.92 Å². The summed E-state index contributed by atoms with van der Waals surface area (Å²) in [6.45, 7) is 5.54. The van der Waals surface area contributed by atoms with Crippen molar-refractivity contribution in [1.82, 2.24) is 0 Å². The average Bonchev–Trinajstić information content (AvgIpc) is 2.93. The predicted molar refractivity (Wildman–Crippen MR) is 52.0 cm³/mol. The quantitative estimate of drug-likeness (QED) is 0.320. The second-order valence-electron chi connectivity index (χ2n) is 3.13. The third-order valence-corrected chi connectivity index (χ3v) is 2.65. The van der Waals surface area contributed by atoms with E-state index in [1.807, 2.05) is 0 Å². The van der Waals surface area contributed by atoms with E-state index in [1.165, 1.54) is 0 Å². The van der Waals surface area contributed by atoms with Gasteiger partial charge in [0, 0.05) is 13.2 Å². The van der Waals surface area contributed by atoms with Gasteiger partial charge < -0.3 is 13.9 Å². The third kappa shape index (κ3) is 7.19. The lowest BCUT2D eigenvalue weighted by molar-refractivity contribution is 0.116. The Morgan fingerprint density at radius 3 is 3.00 bits per heavy atom. The molecule has 1 atom stereocenters. The molecule has 1 saturated heterocycles. The van der Waals surface area contributed by atoms with E-state index in [0.29, 0.717) is 15.9 Å². The van der Waals surface area contributed by atoms with Crippen LogP contribution in [0.2, 0.25) is 6.04 Å². The molecule has 0 spiro atoms. The predicted octanol–water partition coefficient (Wildman–Crippen LogP) is 1.26. The molecule has 1 heterocycles. The minimum atomic E-state index is 0.402. The fourth-order valence-corrected chi connectivity index (χ4v) is 1.65. The van der Waals surface area contributed by atoms with Crippen LogP contribution in [0.5, 0.6) is 0 Å². The molecule has 4 heteroatoms. The Labute approximate surface area is 82.7 Å². The summed E-state index contributed by atoms with van der Waals surface area (Å²) in [5.41, 5.74) is 0. The van der Waals surface area contributed by atoms with E-state index in [2.05, 4.69) is 6.92 Å². The molecule has 1 rings (SSSR count). The van der Waals surface area contributed by atoms with E-state index in [4.69, 9.17) is 13.9 Å². The van der Waals surface area contributed by atoms with Crippen molar-refractivity contribution in [1.29, 1.82) is 0 Å². The van der Waals surface area contributed by atoms with Crippen molar-refractivity contribution in [3.63, 3.8) is 0 Å². The summed E-state index contributed by atoms with van der Waals surface area (Å²) in [6.07, 6.45) is 2.62. The van der Waals surface area contributed by atoms with Crippen LogP contribution in [0.4, 0.5) is 0 Å². The van der Waals surface area contributed by atoms with E-state index in [1.54, 1.807) is 0 Å². The Morgan fingerprint density at radius 1 is 1.46 bits per heavy atom. The van der Waals surface area contributed by atoms with Gasteiger partial charge in [-0.15, -0.1) is 0 Å². The van der Waals surface area contributed by atoms with Gasteiger partial charge in [-0.3, -0.25) is 0 Å². The van der Waals surface area contributed by atoms with Crippen LogP contribution in [0.3, 0.4) is 0 Å². The van der Waals surface area contributed by atoms with Crippen molar-refractivity contribution in [3.8, 4) is 0 Å². The molecule has 1 fully saturated rings. The van der Waals surface area contributed by atoms with Crippen LogP contribution >= 0.6 is 0 Å². The Kier molecular flexibility index (Phi) is 6.44. The summed E-state index contributed by atoms with van der Waals surface area (Å²) < 4.78 is 15.8. The van der Waals surface area contributed by atoms with Gasteiger partial charge >= 0.3 is 0 Å². The SMILES string of the molecule is CCCO[Si]CCCOCC1CO1. The van der Waals surface area contributed by atoms with E-state index < -0.39 is 0 Å². The van der Waals surface area contributed by atoms with E-state index in [0.717, 1.165) is 45.3 Å². The van der Waals surface area contributed by atoms with Gasteiger partial charge in [-0.2, -0.15) is 0 Å². The zero-order valence-corrected chi connectivity index (χ0v) is 9.25. The Hall–Kier alpha value is 0.0969. The highest BCUT2D eigenvalue weighted by Gasteiger charge is 2.21. The van der Waals surface area contributed by atoms with Crippen LogP contribution < -0.4 is 0 Å². The van der Waals surface area contributed by atoms with Crippen LogP contribution in [-0.2, 0) is 13.9 Å². The Morgan fingerprint density at radius 2 is 2.31 bits per heavy atom. The molecule has 1 aliphatic rings. The molecule has 0 N–H and O–H groups in total. The summed E-state index contributed by atoms with van der Waals surface area (Å²) in [5.74, 6) is 0. The maximum absolute atomic E-state index is 5.39. The topological polar surface area (TPSA) is 31.0 Å². The number of rotatable bonds is 9. The van der Waals surface area contributed by atoms with Crippen molar-refractivity contribution in [2.75, 3.05) is 26.4 Å². The van der Waals surface area contributed by atoms with Crippen LogP contribution in [0.15, 0.2) is 0 Å². The molecule has 1 unspecified atom stereocenters. The maximum Gasteiger partial charge on any atom is 0.229 e. The van der Waals surface area contributed by atoms with Crippen molar-refractivity contribution >= 4 is 9.76 Å². The van der Waals surface area contributed by atoms with Gasteiger partial charge in [0.1, 0.15) is 6.10 Å². The molecule has 0 aromatic rings. The molecule has 0 bridgehead atoms. The van der Waals surface area contributed by atoms with Gasteiger partial charge in [0.15, 0.2) is 0 Å².